The van der Waals surface area contributed by atoms with E-state index in [-0.39, 0.29) is 12.0 Å². The second-order valence-electron chi connectivity index (χ2n) is 6.37. The molecule has 2 aromatic heterocycles. The number of aryl methyl sites for hydroxylation is 1. The van der Waals surface area contributed by atoms with E-state index in [9.17, 15) is 4.79 Å². The predicted molar refractivity (Wildman–Crippen MR) is 97.5 cm³/mol. The molecule has 1 saturated heterocycles. The molecule has 0 saturated carbocycles. The van der Waals surface area contributed by atoms with Gasteiger partial charge >= 0.3 is 0 Å². The molecular weight excluding hydrogens is 332 g/mol. The molecule has 134 valence electrons. The lowest BCUT2D eigenvalue weighted by atomic mass is 10.2. The van der Waals surface area contributed by atoms with Crippen LogP contribution < -0.4 is 10.1 Å². The molecule has 26 heavy (non-hydrogen) atoms. The second kappa shape index (κ2) is 7.13. The Balaban J connectivity index is 1.44. The number of amides is 1. The summed E-state index contributed by atoms with van der Waals surface area (Å²) < 4.78 is 11.3. The van der Waals surface area contributed by atoms with Crippen LogP contribution in [-0.2, 0) is 4.74 Å². The summed E-state index contributed by atoms with van der Waals surface area (Å²) in [6.45, 7) is 3.22. The van der Waals surface area contributed by atoms with Gasteiger partial charge in [-0.25, -0.2) is 4.98 Å². The highest BCUT2D eigenvalue weighted by molar-refractivity contribution is 6.05. The molecule has 0 radical (unpaired) electrons. The normalized spacial score (nSPS) is 16.7. The SMILES string of the molecule is Cc1[nH]nc2ncc(NC(=O)c3cccc(OCC4CCCO4)c3)cc12. The Morgan fingerprint density at radius 1 is 1.42 bits per heavy atom. The highest BCUT2D eigenvalue weighted by Gasteiger charge is 2.16. The van der Waals surface area contributed by atoms with Gasteiger partial charge in [0.15, 0.2) is 5.65 Å². The van der Waals surface area contributed by atoms with Gasteiger partial charge in [-0.15, -0.1) is 0 Å². The largest absolute Gasteiger partial charge is 0.491 e. The topological polar surface area (TPSA) is 89.1 Å². The van der Waals surface area contributed by atoms with Crippen molar-refractivity contribution in [2.75, 3.05) is 18.5 Å². The third kappa shape index (κ3) is 3.52. The van der Waals surface area contributed by atoms with Crippen LogP contribution in [0.3, 0.4) is 0 Å². The molecule has 1 aliphatic rings. The van der Waals surface area contributed by atoms with Crippen molar-refractivity contribution in [1.29, 1.82) is 0 Å². The molecule has 7 nitrogen and oxygen atoms in total. The minimum absolute atomic E-state index is 0.142. The first kappa shape index (κ1) is 16.5. The number of hydrogen-bond donors (Lipinski definition) is 2. The van der Waals surface area contributed by atoms with Crippen LogP contribution in [0.1, 0.15) is 28.9 Å². The number of hydrogen-bond acceptors (Lipinski definition) is 5. The third-order valence-corrected chi connectivity index (χ3v) is 4.41. The zero-order valence-electron chi connectivity index (χ0n) is 14.5. The summed E-state index contributed by atoms with van der Waals surface area (Å²) in [5.74, 6) is 0.447. The highest BCUT2D eigenvalue weighted by atomic mass is 16.5. The molecule has 1 fully saturated rings. The van der Waals surface area contributed by atoms with Crippen LogP contribution in [0.25, 0.3) is 11.0 Å². The maximum Gasteiger partial charge on any atom is 0.255 e. The summed E-state index contributed by atoms with van der Waals surface area (Å²) >= 11 is 0. The molecular formula is C19H20N4O3. The summed E-state index contributed by atoms with van der Waals surface area (Å²) in [5.41, 5.74) is 2.69. The van der Waals surface area contributed by atoms with Crippen LogP contribution in [0.15, 0.2) is 36.5 Å². The number of fused-ring (bicyclic) bond motifs is 1. The van der Waals surface area contributed by atoms with E-state index in [1.54, 1.807) is 24.4 Å². The Morgan fingerprint density at radius 2 is 2.35 bits per heavy atom. The van der Waals surface area contributed by atoms with E-state index in [0.717, 1.165) is 30.5 Å². The summed E-state index contributed by atoms with van der Waals surface area (Å²) in [5, 5.41) is 10.7. The van der Waals surface area contributed by atoms with Gasteiger partial charge in [-0.2, -0.15) is 5.10 Å². The van der Waals surface area contributed by atoms with Gasteiger partial charge in [0.2, 0.25) is 0 Å². The number of anilines is 1. The number of aromatic nitrogens is 3. The molecule has 4 rings (SSSR count). The summed E-state index contributed by atoms with van der Waals surface area (Å²) in [6.07, 6.45) is 3.83. The van der Waals surface area contributed by atoms with Gasteiger partial charge in [0.25, 0.3) is 5.91 Å². The number of carbonyl (C=O) groups excluding carboxylic acids is 1. The fourth-order valence-electron chi connectivity index (χ4n) is 2.98. The number of ether oxygens (including phenoxy) is 2. The molecule has 0 aliphatic carbocycles. The van der Waals surface area contributed by atoms with E-state index in [0.29, 0.717) is 29.3 Å². The molecule has 1 unspecified atom stereocenters. The van der Waals surface area contributed by atoms with Crippen molar-refractivity contribution in [2.24, 2.45) is 0 Å². The van der Waals surface area contributed by atoms with Gasteiger partial charge in [-0.1, -0.05) is 6.07 Å². The van der Waals surface area contributed by atoms with Crippen LogP contribution in [0, 0.1) is 6.92 Å². The summed E-state index contributed by atoms with van der Waals surface area (Å²) in [6, 6.07) is 9.00. The Labute approximate surface area is 150 Å². The quantitative estimate of drug-likeness (QED) is 0.737. The average Bonchev–Trinajstić information content (AvgIpc) is 3.30. The van der Waals surface area contributed by atoms with Crippen molar-refractivity contribution in [3.05, 3.63) is 47.8 Å². The number of rotatable bonds is 5. The molecule has 1 atom stereocenters. The first-order valence-electron chi connectivity index (χ1n) is 8.65. The second-order valence-corrected chi connectivity index (χ2v) is 6.37. The number of aromatic amines is 1. The van der Waals surface area contributed by atoms with Crippen molar-refractivity contribution in [3.8, 4) is 5.75 Å². The standard InChI is InChI=1S/C19H20N4O3/c1-12-17-9-14(10-20-18(17)23-22-12)21-19(24)13-4-2-5-15(8-13)26-11-16-6-3-7-25-16/h2,4-5,8-10,16H,3,6-7,11H2,1H3,(H,21,24)(H,20,22,23). The minimum atomic E-state index is -0.213. The molecule has 3 heterocycles. The molecule has 0 bridgehead atoms. The van der Waals surface area contributed by atoms with Gasteiger partial charge in [0.1, 0.15) is 12.4 Å². The Bertz CT molecular complexity index is 931. The molecule has 7 heteroatoms. The monoisotopic (exact) mass is 352 g/mol. The maximum atomic E-state index is 12.5. The van der Waals surface area contributed by atoms with Crippen LogP contribution in [0.5, 0.6) is 5.75 Å². The molecule has 0 spiro atoms. The Kier molecular flexibility index (Phi) is 4.53. The van der Waals surface area contributed by atoms with Gasteiger partial charge in [-0.05, 0) is 44.0 Å². The summed E-state index contributed by atoms with van der Waals surface area (Å²) in [7, 11) is 0. The zero-order chi connectivity index (χ0) is 17.9. The first-order valence-corrected chi connectivity index (χ1v) is 8.65. The van der Waals surface area contributed by atoms with Crippen molar-refractivity contribution < 1.29 is 14.3 Å². The van der Waals surface area contributed by atoms with Crippen LogP contribution in [-0.4, -0.2) is 40.4 Å². The predicted octanol–water partition coefficient (Wildman–Crippen LogP) is 3.08. The molecule has 1 aromatic carbocycles. The van der Waals surface area contributed by atoms with E-state index >= 15 is 0 Å². The molecule has 2 N–H and O–H groups in total. The van der Waals surface area contributed by atoms with E-state index in [1.165, 1.54) is 0 Å². The number of benzene rings is 1. The van der Waals surface area contributed by atoms with E-state index < -0.39 is 0 Å². The van der Waals surface area contributed by atoms with E-state index in [4.69, 9.17) is 9.47 Å². The highest BCUT2D eigenvalue weighted by Crippen LogP contribution is 2.20. The van der Waals surface area contributed by atoms with Gasteiger partial charge in [-0.3, -0.25) is 9.89 Å². The number of nitrogens with zero attached hydrogens (tertiary/aromatic N) is 2. The lowest BCUT2D eigenvalue weighted by Gasteiger charge is -2.12. The number of nitrogens with one attached hydrogen (secondary N) is 2. The first-order chi connectivity index (χ1) is 12.7. The lowest BCUT2D eigenvalue weighted by molar-refractivity contribution is 0.0679. The molecule has 3 aromatic rings. The maximum absolute atomic E-state index is 12.5. The fraction of sp³-hybridized carbons (Fsp3) is 0.316. The van der Waals surface area contributed by atoms with E-state index in [1.807, 2.05) is 19.1 Å². The van der Waals surface area contributed by atoms with Crippen molar-refractivity contribution >= 4 is 22.6 Å². The Morgan fingerprint density at radius 3 is 3.19 bits per heavy atom. The number of carbonyl (C=O) groups is 1. The van der Waals surface area contributed by atoms with E-state index in [2.05, 4.69) is 20.5 Å². The van der Waals surface area contributed by atoms with Crippen molar-refractivity contribution in [3.63, 3.8) is 0 Å². The fourth-order valence-corrected chi connectivity index (χ4v) is 2.98. The van der Waals surface area contributed by atoms with Gasteiger partial charge < -0.3 is 14.8 Å². The van der Waals surface area contributed by atoms with Crippen molar-refractivity contribution in [1.82, 2.24) is 15.2 Å². The van der Waals surface area contributed by atoms with Gasteiger partial charge in [0, 0.05) is 23.3 Å². The molecule has 1 aliphatic heterocycles. The summed E-state index contributed by atoms with van der Waals surface area (Å²) in [4.78, 5) is 16.8. The number of H-pyrrole nitrogens is 1. The Hall–Kier alpha value is -2.93. The van der Waals surface area contributed by atoms with Crippen LogP contribution >= 0.6 is 0 Å². The average molecular weight is 352 g/mol. The van der Waals surface area contributed by atoms with Crippen molar-refractivity contribution in [2.45, 2.75) is 25.9 Å². The minimum Gasteiger partial charge on any atom is -0.491 e. The number of pyridine rings is 1. The smallest absolute Gasteiger partial charge is 0.255 e. The van der Waals surface area contributed by atoms with Crippen LogP contribution in [0.2, 0.25) is 0 Å². The third-order valence-electron chi connectivity index (χ3n) is 4.41. The molecule has 1 amide bonds. The van der Waals surface area contributed by atoms with Gasteiger partial charge in [0.05, 0.1) is 18.0 Å². The lowest BCUT2D eigenvalue weighted by Crippen LogP contribution is -2.17. The van der Waals surface area contributed by atoms with Crippen LogP contribution in [0.4, 0.5) is 5.69 Å². The zero-order valence-corrected chi connectivity index (χ0v) is 14.5.